The highest BCUT2D eigenvalue weighted by atomic mass is 15.3. The fraction of sp³-hybridized carbons (Fsp3) is 1.00. The molecule has 2 aliphatic rings. The quantitative estimate of drug-likeness (QED) is 0.695. The molecule has 1 N–H and O–H groups in total. The molecule has 0 spiro atoms. The third-order valence-electron chi connectivity index (χ3n) is 5.48. The predicted octanol–water partition coefficient (Wildman–Crippen LogP) is 2.96. The zero-order valence-electron chi connectivity index (χ0n) is 14.8. The Morgan fingerprint density at radius 3 is 2.71 bits per heavy atom. The number of hydrogen-bond acceptors (Lipinski definition) is 3. The lowest BCUT2D eigenvalue weighted by atomic mass is 9.84. The fourth-order valence-electron chi connectivity index (χ4n) is 4.35. The van der Waals surface area contributed by atoms with Crippen LogP contribution in [0.5, 0.6) is 0 Å². The third-order valence-corrected chi connectivity index (χ3v) is 5.48. The standard InChI is InChI=1S/C18H37N3/c1-5-9-18(4,14-19-10-6-2)15-21-13-17-8-7-11-20(17)12-16(21)3/h16-17,19H,5-15H2,1-4H3. The Morgan fingerprint density at radius 1 is 1.19 bits per heavy atom. The number of nitrogens with one attached hydrogen (secondary N) is 1. The molecule has 3 heteroatoms. The molecule has 3 unspecified atom stereocenters. The van der Waals surface area contributed by atoms with Crippen LogP contribution in [0.1, 0.15) is 59.8 Å². The molecule has 2 fully saturated rings. The topological polar surface area (TPSA) is 18.5 Å². The largest absolute Gasteiger partial charge is 0.316 e. The zero-order valence-corrected chi connectivity index (χ0v) is 14.8. The van der Waals surface area contributed by atoms with Gasteiger partial charge in [-0.25, -0.2) is 0 Å². The van der Waals surface area contributed by atoms with E-state index in [1.54, 1.807) is 0 Å². The molecule has 124 valence electrons. The van der Waals surface area contributed by atoms with Gasteiger partial charge in [0.1, 0.15) is 0 Å². The molecular weight excluding hydrogens is 258 g/mol. The second-order valence-electron chi connectivity index (χ2n) is 7.81. The molecule has 2 saturated heterocycles. The minimum atomic E-state index is 0.430. The molecule has 21 heavy (non-hydrogen) atoms. The summed E-state index contributed by atoms with van der Waals surface area (Å²) in [5.41, 5.74) is 0.430. The maximum Gasteiger partial charge on any atom is 0.0224 e. The lowest BCUT2D eigenvalue weighted by Gasteiger charge is -2.46. The maximum atomic E-state index is 3.67. The molecule has 3 atom stereocenters. The van der Waals surface area contributed by atoms with Gasteiger partial charge in [-0.2, -0.15) is 0 Å². The van der Waals surface area contributed by atoms with Gasteiger partial charge in [-0.3, -0.25) is 9.80 Å². The summed E-state index contributed by atoms with van der Waals surface area (Å²) >= 11 is 0. The fourth-order valence-corrected chi connectivity index (χ4v) is 4.35. The van der Waals surface area contributed by atoms with Gasteiger partial charge in [0.2, 0.25) is 0 Å². The number of fused-ring (bicyclic) bond motifs is 1. The SMILES string of the molecule is CCCNCC(C)(CCC)CN1CC2CCCN2CC1C. The monoisotopic (exact) mass is 295 g/mol. The summed E-state index contributed by atoms with van der Waals surface area (Å²) in [5.74, 6) is 0. The van der Waals surface area contributed by atoms with Gasteiger partial charge in [-0.1, -0.05) is 27.2 Å². The van der Waals surface area contributed by atoms with Gasteiger partial charge in [0.05, 0.1) is 0 Å². The number of rotatable bonds is 8. The highest BCUT2D eigenvalue weighted by Gasteiger charge is 2.37. The van der Waals surface area contributed by atoms with Crippen molar-refractivity contribution in [2.45, 2.75) is 71.9 Å². The van der Waals surface area contributed by atoms with Crippen LogP contribution in [0.15, 0.2) is 0 Å². The Bertz CT molecular complexity index is 307. The average Bonchev–Trinajstić information content (AvgIpc) is 2.87. The summed E-state index contributed by atoms with van der Waals surface area (Å²) in [6.07, 6.45) is 6.69. The van der Waals surface area contributed by atoms with Crippen molar-refractivity contribution in [3.05, 3.63) is 0 Å². The molecule has 2 aliphatic heterocycles. The van der Waals surface area contributed by atoms with Crippen LogP contribution >= 0.6 is 0 Å². The molecule has 0 aromatic carbocycles. The van der Waals surface area contributed by atoms with Crippen LogP contribution in [0.4, 0.5) is 0 Å². The predicted molar refractivity (Wildman–Crippen MR) is 91.8 cm³/mol. The third kappa shape index (κ3) is 4.67. The molecule has 0 aromatic heterocycles. The van der Waals surface area contributed by atoms with Crippen molar-refractivity contribution in [2.24, 2.45) is 5.41 Å². The van der Waals surface area contributed by atoms with Crippen molar-refractivity contribution in [2.75, 3.05) is 39.3 Å². The van der Waals surface area contributed by atoms with E-state index in [1.807, 2.05) is 0 Å². The van der Waals surface area contributed by atoms with Crippen molar-refractivity contribution in [1.29, 1.82) is 0 Å². The first-order chi connectivity index (χ1) is 10.1. The van der Waals surface area contributed by atoms with Gasteiger partial charge in [-0.15, -0.1) is 0 Å². The van der Waals surface area contributed by atoms with E-state index in [2.05, 4.69) is 42.8 Å². The van der Waals surface area contributed by atoms with Crippen LogP contribution in [0.2, 0.25) is 0 Å². The molecule has 2 rings (SSSR count). The molecule has 0 bridgehead atoms. The summed E-state index contributed by atoms with van der Waals surface area (Å²) < 4.78 is 0. The van der Waals surface area contributed by atoms with Crippen molar-refractivity contribution >= 4 is 0 Å². The van der Waals surface area contributed by atoms with E-state index in [0.717, 1.165) is 18.6 Å². The minimum absolute atomic E-state index is 0.430. The smallest absolute Gasteiger partial charge is 0.0224 e. The van der Waals surface area contributed by atoms with E-state index in [0.29, 0.717) is 5.41 Å². The number of piperazine rings is 1. The van der Waals surface area contributed by atoms with Gasteiger partial charge in [0.25, 0.3) is 0 Å². The van der Waals surface area contributed by atoms with E-state index in [1.165, 1.54) is 64.8 Å². The zero-order chi connectivity index (χ0) is 15.3. The minimum Gasteiger partial charge on any atom is -0.316 e. The maximum absolute atomic E-state index is 3.67. The van der Waals surface area contributed by atoms with Crippen LogP contribution in [0, 0.1) is 5.41 Å². The van der Waals surface area contributed by atoms with Gasteiger partial charge in [0, 0.05) is 38.3 Å². The van der Waals surface area contributed by atoms with E-state index in [-0.39, 0.29) is 0 Å². The highest BCUT2D eigenvalue weighted by Crippen LogP contribution is 2.30. The highest BCUT2D eigenvalue weighted by molar-refractivity contribution is 4.93. The number of hydrogen-bond donors (Lipinski definition) is 1. The van der Waals surface area contributed by atoms with Gasteiger partial charge in [-0.05, 0) is 51.1 Å². The molecule has 0 aromatic rings. The van der Waals surface area contributed by atoms with Crippen molar-refractivity contribution in [3.8, 4) is 0 Å². The Morgan fingerprint density at radius 2 is 2.00 bits per heavy atom. The van der Waals surface area contributed by atoms with E-state index in [9.17, 15) is 0 Å². The summed E-state index contributed by atoms with van der Waals surface area (Å²) in [4.78, 5) is 5.52. The normalized spacial score (nSPS) is 30.3. The van der Waals surface area contributed by atoms with Crippen LogP contribution in [-0.2, 0) is 0 Å². The lowest BCUT2D eigenvalue weighted by molar-refractivity contribution is 0.0271. The Labute approximate surface area is 132 Å². The first-order valence-corrected chi connectivity index (χ1v) is 9.27. The van der Waals surface area contributed by atoms with E-state index >= 15 is 0 Å². The molecule has 0 radical (unpaired) electrons. The van der Waals surface area contributed by atoms with E-state index in [4.69, 9.17) is 0 Å². The van der Waals surface area contributed by atoms with Crippen molar-refractivity contribution in [1.82, 2.24) is 15.1 Å². The van der Waals surface area contributed by atoms with Crippen LogP contribution in [0.25, 0.3) is 0 Å². The second-order valence-corrected chi connectivity index (χ2v) is 7.81. The van der Waals surface area contributed by atoms with Crippen molar-refractivity contribution in [3.63, 3.8) is 0 Å². The second kappa shape index (κ2) is 7.94. The van der Waals surface area contributed by atoms with Gasteiger partial charge < -0.3 is 5.32 Å². The summed E-state index contributed by atoms with van der Waals surface area (Å²) in [5, 5.41) is 3.67. The Hall–Kier alpha value is -0.120. The Kier molecular flexibility index (Phi) is 6.51. The van der Waals surface area contributed by atoms with Crippen LogP contribution in [0.3, 0.4) is 0 Å². The lowest BCUT2D eigenvalue weighted by Crippen LogP contribution is -2.57. The van der Waals surface area contributed by atoms with Crippen LogP contribution < -0.4 is 5.32 Å². The molecule has 0 saturated carbocycles. The first-order valence-electron chi connectivity index (χ1n) is 9.27. The molecule has 0 amide bonds. The molecule has 3 nitrogen and oxygen atoms in total. The summed E-state index contributed by atoms with van der Waals surface area (Å²) in [6, 6.07) is 1.57. The molecule has 2 heterocycles. The average molecular weight is 296 g/mol. The van der Waals surface area contributed by atoms with Gasteiger partial charge in [0.15, 0.2) is 0 Å². The first kappa shape index (κ1) is 17.2. The van der Waals surface area contributed by atoms with Gasteiger partial charge >= 0.3 is 0 Å². The van der Waals surface area contributed by atoms with Crippen LogP contribution in [-0.4, -0.2) is 61.2 Å². The van der Waals surface area contributed by atoms with E-state index < -0.39 is 0 Å². The van der Waals surface area contributed by atoms with Crippen molar-refractivity contribution < 1.29 is 0 Å². The number of nitrogens with zero attached hydrogens (tertiary/aromatic N) is 2. The summed E-state index contributed by atoms with van der Waals surface area (Å²) in [7, 11) is 0. The summed E-state index contributed by atoms with van der Waals surface area (Å²) in [6.45, 7) is 17.0. The molecule has 0 aliphatic carbocycles. The molecular formula is C18H37N3. The Balaban J connectivity index is 1.91.